The van der Waals surface area contributed by atoms with Gasteiger partial charge in [-0.1, -0.05) is 30.3 Å². The Kier molecular flexibility index (Phi) is 5.37. The number of hydrazine groups is 1. The van der Waals surface area contributed by atoms with Crippen LogP contribution in [0.4, 0.5) is 10.5 Å². The number of benzene rings is 2. The van der Waals surface area contributed by atoms with Crippen LogP contribution in [0.5, 0.6) is 5.75 Å². The van der Waals surface area contributed by atoms with Crippen molar-refractivity contribution >= 4 is 17.7 Å². The van der Waals surface area contributed by atoms with E-state index in [9.17, 15) is 9.59 Å². The number of rotatable bonds is 5. The lowest BCUT2D eigenvalue weighted by atomic mass is 10.2. The number of nitrogens with one attached hydrogen (secondary N) is 2. The molecule has 0 spiro atoms. The zero-order valence-corrected chi connectivity index (χ0v) is 12.0. The first kappa shape index (κ1) is 15.4. The highest BCUT2D eigenvalue weighted by atomic mass is 16.6. The Bertz CT molecular complexity index is 644. The van der Waals surface area contributed by atoms with Crippen molar-refractivity contribution in [1.29, 1.82) is 0 Å². The van der Waals surface area contributed by atoms with Gasteiger partial charge in [-0.15, -0.1) is 0 Å². The Hall–Kier alpha value is -3.02. The summed E-state index contributed by atoms with van der Waals surface area (Å²) in [6, 6.07) is 15.5. The summed E-state index contributed by atoms with van der Waals surface area (Å²) < 4.78 is 10.0. The van der Waals surface area contributed by atoms with Crippen molar-refractivity contribution in [2.75, 3.05) is 12.0 Å². The van der Waals surface area contributed by atoms with Gasteiger partial charge in [0.1, 0.15) is 11.3 Å². The minimum absolute atomic E-state index is 0.133. The molecule has 2 aromatic rings. The molecule has 0 heterocycles. The van der Waals surface area contributed by atoms with E-state index in [-0.39, 0.29) is 17.9 Å². The maximum atomic E-state index is 11.8. The Labute approximate surface area is 128 Å². The number of para-hydroxylation sites is 2. The fourth-order valence-electron chi connectivity index (χ4n) is 1.70. The van der Waals surface area contributed by atoms with Crippen LogP contribution >= 0.6 is 0 Å². The summed E-state index contributed by atoms with van der Waals surface area (Å²) in [7, 11) is 0. The molecular weight excluding hydrogens is 284 g/mol. The molecule has 1 amide bonds. The molecule has 0 unspecified atom stereocenters. The molecule has 2 rings (SSSR count). The van der Waals surface area contributed by atoms with Crippen LogP contribution in [0.15, 0.2) is 54.6 Å². The Morgan fingerprint density at radius 1 is 1.00 bits per heavy atom. The highest BCUT2D eigenvalue weighted by Crippen LogP contribution is 2.19. The average Bonchev–Trinajstić information content (AvgIpc) is 2.54. The molecule has 6 nitrogen and oxygen atoms in total. The minimum atomic E-state index is -0.736. The lowest BCUT2D eigenvalue weighted by Gasteiger charge is -2.11. The fourth-order valence-corrected chi connectivity index (χ4v) is 1.70. The molecule has 22 heavy (non-hydrogen) atoms. The third-order valence-electron chi connectivity index (χ3n) is 2.67. The molecule has 0 fully saturated rings. The van der Waals surface area contributed by atoms with E-state index in [0.29, 0.717) is 5.69 Å². The summed E-state index contributed by atoms with van der Waals surface area (Å²) in [6.45, 7) is 1.95. The van der Waals surface area contributed by atoms with Crippen molar-refractivity contribution in [3.63, 3.8) is 0 Å². The van der Waals surface area contributed by atoms with Gasteiger partial charge in [-0.05, 0) is 31.2 Å². The molecule has 0 saturated heterocycles. The standard InChI is InChI=1S/C16H16N2O4/c1-2-21-15(19)13-10-6-7-11-14(13)22-16(20)18-17-12-8-4-3-5-9-12/h3-11,17H,2H2,1H3,(H,18,20). The van der Waals surface area contributed by atoms with Crippen LogP contribution in [-0.2, 0) is 4.74 Å². The average molecular weight is 300 g/mol. The van der Waals surface area contributed by atoms with Crippen molar-refractivity contribution in [3.8, 4) is 5.75 Å². The van der Waals surface area contributed by atoms with Gasteiger partial charge < -0.3 is 9.47 Å². The molecule has 0 aliphatic rings. The van der Waals surface area contributed by atoms with E-state index in [4.69, 9.17) is 9.47 Å². The van der Waals surface area contributed by atoms with Crippen LogP contribution in [-0.4, -0.2) is 18.7 Å². The van der Waals surface area contributed by atoms with E-state index in [1.54, 1.807) is 31.2 Å². The van der Waals surface area contributed by atoms with Gasteiger partial charge in [0.2, 0.25) is 0 Å². The zero-order chi connectivity index (χ0) is 15.8. The maximum absolute atomic E-state index is 11.8. The number of ether oxygens (including phenoxy) is 2. The zero-order valence-electron chi connectivity index (χ0n) is 12.0. The molecule has 114 valence electrons. The van der Waals surface area contributed by atoms with E-state index in [2.05, 4.69) is 10.9 Å². The first-order chi connectivity index (χ1) is 10.7. The van der Waals surface area contributed by atoms with Crippen molar-refractivity contribution in [3.05, 3.63) is 60.2 Å². The molecule has 2 N–H and O–H groups in total. The monoisotopic (exact) mass is 300 g/mol. The van der Waals surface area contributed by atoms with Gasteiger partial charge in [0.15, 0.2) is 0 Å². The number of hydrogen-bond acceptors (Lipinski definition) is 5. The van der Waals surface area contributed by atoms with Crippen molar-refractivity contribution in [2.24, 2.45) is 0 Å². The summed E-state index contributed by atoms with van der Waals surface area (Å²) in [5.41, 5.74) is 5.98. The molecule has 2 aromatic carbocycles. The first-order valence-corrected chi connectivity index (χ1v) is 6.75. The van der Waals surface area contributed by atoms with Gasteiger partial charge in [0.25, 0.3) is 0 Å². The minimum Gasteiger partial charge on any atom is -0.462 e. The molecular formula is C16H16N2O4. The van der Waals surface area contributed by atoms with Gasteiger partial charge in [-0.3, -0.25) is 5.43 Å². The molecule has 0 aromatic heterocycles. The topological polar surface area (TPSA) is 76.7 Å². The van der Waals surface area contributed by atoms with Crippen LogP contribution in [0.1, 0.15) is 17.3 Å². The number of carbonyl (C=O) groups excluding carboxylic acids is 2. The molecule has 0 saturated carbocycles. The quantitative estimate of drug-likeness (QED) is 0.655. The number of carbonyl (C=O) groups is 2. The van der Waals surface area contributed by atoms with Crippen LogP contribution in [0, 0.1) is 0 Å². The molecule has 0 radical (unpaired) electrons. The van der Waals surface area contributed by atoms with Crippen LogP contribution < -0.4 is 15.6 Å². The Morgan fingerprint density at radius 3 is 2.41 bits per heavy atom. The second-order valence-electron chi connectivity index (χ2n) is 4.22. The predicted molar refractivity (Wildman–Crippen MR) is 81.6 cm³/mol. The predicted octanol–water partition coefficient (Wildman–Crippen LogP) is 2.98. The summed E-state index contributed by atoms with van der Waals surface area (Å²) in [4.78, 5) is 23.5. The van der Waals surface area contributed by atoms with Crippen molar-refractivity contribution < 1.29 is 19.1 Å². The SMILES string of the molecule is CCOC(=O)c1ccccc1OC(=O)NNc1ccccc1. The summed E-state index contributed by atoms with van der Waals surface area (Å²) in [6.07, 6.45) is -0.736. The smallest absolute Gasteiger partial charge is 0.431 e. The largest absolute Gasteiger partial charge is 0.462 e. The Morgan fingerprint density at radius 2 is 1.68 bits per heavy atom. The molecule has 0 bridgehead atoms. The number of anilines is 1. The van der Waals surface area contributed by atoms with E-state index < -0.39 is 12.1 Å². The molecule has 6 heteroatoms. The van der Waals surface area contributed by atoms with E-state index in [1.807, 2.05) is 18.2 Å². The van der Waals surface area contributed by atoms with Crippen LogP contribution in [0.3, 0.4) is 0 Å². The van der Waals surface area contributed by atoms with Gasteiger partial charge in [0.05, 0.1) is 12.3 Å². The van der Waals surface area contributed by atoms with E-state index in [1.165, 1.54) is 12.1 Å². The normalized spacial score (nSPS) is 9.68. The van der Waals surface area contributed by atoms with E-state index in [0.717, 1.165) is 0 Å². The number of hydrogen-bond donors (Lipinski definition) is 2. The lowest BCUT2D eigenvalue weighted by molar-refractivity contribution is 0.0523. The molecule has 0 aliphatic heterocycles. The van der Waals surface area contributed by atoms with Crippen molar-refractivity contribution in [2.45, 2.75) is 6.92 Å². The number of esters is 1. The first-order valence-electron chi connectivity index (χ1n) is 6.75. The van der Waals surface area contributed by atoms with Gasteiger partial charge in [-0.25, -0.2) is 15.0 Å². The molecule has 0 aliphatic carbocycles. The van der Waals surface area contributed by atoms with E-state index >= 15 is 0 Å². The number of amides is 1. The van der Waals surface area contributed by atoms with Gasteiger partial charge >= 0.3 is 12.1 Å². The van der Waals surface area contributed by atoms with Crippen LogP contribution in [0.2, 0.25) is 0 Å². The highest BCUT2D eigenvalue weighted by Gasteiger charge is 2.15. The summed E-state index contributed by atoms with van der Waals surface area (Å²) in [5, 5.41) is 0. The summed E-state index contributed by atoms with van der Waals surface area (Å²) >= 11 is 0. The van der Waals surface area contributed by atoms with Crippen molar-refractivity contribution in [1.82, 2.24) is 5.43 Å². The maximum Gasteiger partial charge on any atom is 0.431 e. The third kappa shape index (κ3) is 4.24. The Balaban J connectivity index is 1.98. The third-order valence-corrected chi connectivity index (χ3v) is 2.67. The highest BCUT2D eigenvalue weighted by molar-refractivity contribution is 5.93. The lowest BCUT2D eigenvalue weighted by Crippen LogP contribution is -2.32. The fraction of sp³-hybridized carbons (Fsp3) is 0.125. The van der Waals surface area contributed by atoms with Crippen LogP contribution in [0.25, 0.3) is 0 Å². The van der Waals surface area contributed by atoms with Gasteiger partial charge in [0, 0.05) is 0 Å². The second-order valence-corrected chi connectivity index (χ2v) is 4.22. The van der Waals surface area contributed by atoms with Gasteiger partial charge in [-0.2, -0.15) is 0 Å². The summed E-state index contributed by atoms with van der Waals surface area (Å²) in [5.74, 6) is -0.407. The molecule has 0 atom stereocenters. The second kappa shape index (κ2) is 7.68.